The number of hydrogen-bond donors (Lipinski definition) is 1. The molecule has 0 atom stereocenters. The third kappa shape index (κ3) is 1.96. The lowest BCUT2D eigenvalue weighted by Crippen LogP contribution is -2.28. The molecule has 1 aromatic carbocycles. The van der Waals surface area contributed by atoms with Crippen LogP contribution in [0.15, 0.2) is 24.3 Å². The molecule has 0 saturated carbocycles. The summed E-state index contributed by atoms with van der Waals surface area (Å²) in [6.45, 7) is 2.44. The summed E-state index contributed by atoms with van der Waals surface area (Å²) in [5, 5.41) is 12.4. The van der Waals surface area contributed by atoms with Crippen molar-refractivity contribution in [3.8, 4) is 23.2 Å². The highest BCUT2D eigenvalue weighted by Crippen LogP contribution is 2.25. The third-order valence-electron chi connectivity index (χ3n) is 3.33. The fourth-order valence-electron chi connectivity index (χ4n) is 2.35. The molecule has 0 aliphatic carbocycles. The first-order valence-electron chi connectivity index (χ1n) is 6.18. The molecular weight excluding hydrogens is 240 g/mol. The first-order chi connectivity index (χ1) is 9.33. The van der Waals surface area contributed by atoms with Crippen LogP contribution in [0.4, 0.5) is 0 Å². The second-order valence-electron chi connectivity index (χ2n) is 4.40. The number of hydrogen-bond acceptors (Lipinski definition) is 4. The van der Waals surface area contributed by atoms with Crippen LogP contribution in [-0.2, 0) is 13.1 Å². The van der Waals surface area contributed by atoms with Crippen molar-refractivity contribution in [1.82, 2.24) is 14.9 Å². The average molecular weight is 254 g/mol. The van der Waals surface area contributed by atoms with Gasteiger partial charge in [0.05, 0.1) is 12.8 Å². The largest absolute Gasteiger partial charge is 0.497 e. The van der Waals surface area contributed by atoms with E-state index in [1.807, 2.05) is 24.3 Å². The third-order valence-corrected chi connectivity index (χ3v) is 3.33. The molecule has 0 saturated heterocycles. The lowest BCUT2D eigenvalue weighted by Gasteiger charge is -2.18. The maximum Gasteiger partial charge on any atom is 0.163 e. The Balaban J connectivity index is 2.09. The molecule has 2 aromatic rings. The molecule has 96 valence electrons. The summed E-state index contributed by atoms with van der Waals surface area (Å²) in [5.41, 5.74) is 2.49. The number of fused-ring (bicyclic) bond motifs is 1. The van der Waals surface area contributed by atoms with Crippen molar-refractivity contribution < 1.29 is 4.74 Å². The maximum atomic E-state index is 9.16. The summed E-state index contributed by atoms with van der Waals surface area (Å²) in [7, 11) is 1.64. The van der Waals surface area contributed by atoms with Gasteiger partial charge < -0.3 is 14.6 Å². The van der Waals surface area contributed by atoms with Crippen LogP contribution in [0.5, 0.6) is 5.75 Å². The molecule has 2 heterocycles. The quantitative estimate of drug-likeness (QED) is 0.883. The Morgan fingerprint density at radius 1 is 1.37 bits per heavy atom. The number of methoxy groups -OCH3 is 1. The van der Waals surface area contributed by atoms with Crippen molar-refractivity contribution in [1.29, 1.82) is 5.26 Å². The van der Waals surface area contributed by atoms with E-state index in [9.17, 15) is 0 Å². The zero-order valence-corrected chi connectivity index (χ0v) is 10.7. The smallest absolute Gasteiger partial charge is 0.163 e. The first kappa shape index (κ1) is 11.8. The highest BCUT2D eigenvalue weighted by atomic mass is 16.5. The highest BCUT2D eigenvalue weighted by Gasteiger charge is 2.20. The summed E-state index contributed by atoms with van der Waals surface area (Å²) >= 11 is 0. The summed E-state index contributed by atoms with van der Waals surface area (Å²) in [6, 6.07) is 9.92. The van der Waals surface area contributed by atoms with Gasteiger partial charge in [-0.25, -0.2) is 4.98 Å². The molecule has 19 heavy (non-hydrogen) atoms. The number of nitrogens with one attached hydrogen (secondary N) is 1. The number of rotatable bonds is 2. The van der Waals surface area contributed by atoms with Gasteiger partial charge in [-0.3, -0.25) is 0 Å². The van der Waals surface area contributed by atoms with E-state index in [1.54, 1.807) is 7.11 Å². The minimum Gasteiger partial charge on any atom is -0.497 e. The molecule has 0 bridgehead atoms. The molecule has 1 aliphatic heterocycles. The highest BCUT2D eigenvalue weighted by molar-refractivity contribution is 5.59. The van der Waals surface area contributed by atoms with Gasteiger partial charge in [0.2, 0.25) is 0 Å². The Morgan fingerprint density at radius 2 is 2.16 bits per heavy atom. The van der Waals surface area contributed by atoms with Gasteiger partial charge in [-0.2, -0.15) is 5.26 Å². The molecule has 5 heteroatoms. The van der Waals surface area contributed by atoms with Gasteiger partial charge in [0, 0.05) is 25.2 Å². The molecule has 1 aromatic heterocycles. The molecule has 3 rings (SSSR count). The van der Waals surface area contributed by atoms with Crippen LogP contribution in [0.25, 0.3) is 11.4 Å². The van der Waals surface area contributed by atoms with Gasteiger partial charge in [0.25, 0.3) is 0 Å². The molecule has 0 amide bonds. The zero-order chi connectivity index (χ0) is 13.2. The Labute approximate surface area is 111 Å². The van der Waals surface area contributed by atoms with Crippen molar-refractivity contribution in [2.75, 3.05) is 13.7 Å². The van der Waals surface area contributed by atoms with Crippen LogP contribution in [-0.4, -0.2) is 23.2 Å². The van der Waals surface area contributed by atoms with Crippen LogP contribution in [0.3, 0.4) is 0 Å². The van der Waals surface area contributed by atoms with Crippen molar-refractivity contribution >= 4 is 0 Å². The molecule has 5 nitrogen and oxygen atoms in total. The monoisotopic (exact) mass is 254 g/mol. The second kappa shape index (κ2) is 4.75. The predicted octanol–water partition coefficient (Wildman–Crippen LogP) is 1.53. The van der Waals surface area contributed by atoms with Crippen molar-refractivity contribution in [2.45, 2.75) is 13.1 Å². The fraction of sp³-hybridized carbons (Fsp3) is 0.286. The normalized spacial score (nSPS) is 13.7. The number of nitriles is 1. The zero-order valence-electron chi connectivity index (χ0n) is 10.7. The number of imidazole rings is 1. The van der Waals surface area contributed by atoms with Gasteiger partial charge in [-0.05, 0) is 24.3 Å². The summed E-state index contributed by atoms with van der Waals surface area (Å²) in [6.07, 6.45) is 0. The van der Waals surface area contributed by atoms with Crippen LogP contribution < -0.4 is 10.1 Å². The number of ether oxygens (including phenoxy) is 1. The Morgan fingerprint density at radius 3 is 2.84 bits per heavy atom. The van der Waals surface area contributed by atoms with Crippen molar-refractivity contribution in [3.63, 3.8) is 0 Å². The molecule has 0 unspecified atom stereocenters. The fourth-order valence-corrected chi connectivity index (χ4v) is 2.35. The summed E-state index contributed by atoms with van der Waals surface area (Å²) in [4.78, 5) is 4.46. The minimum atomic E-state index is 0.512. The van der Waals surface area contributed by atoms with E-state index in [4.69, 9.17) is 10.00 Å². The van der Waals surface area contributed by atoms with Crippen LogP contribution in [0.2, 0.25) is 0 Å². The predicted molar refractivity (Wildman–Crippen MR) is 70.6 cm³/mol. The van der Waals surface area contributed by atoms with Gasteiger partial charge in [-0.1, -0.05) is 0 Å². The molecule has 0 fully saturated rings. The van der Waals surface area contributed by atoms with Crippen molar-refractivity contribution in [2.24, 2.45) is 0 Å². The van der Waals surface area contributed by atoms with E-state index in [1.165, 1.54) is 0 Å². The van der Waals surface area contributed by atoms with E-state index in [0.717, 1.165) is 35.9 Å². The lowest BCUT2D eigenvalue weighted by molar-refractivity contribution is 0.415. The van der Waals surface area contributed by atoms with Gasteiger partial charge in [0.15, 0.2) is 5.69 Å². The van der Waals surface area contributed by atoms with E-state index >= 15 is 0 Å². The summed E-state index contributed by atoms with van der Waals surface area (Å²) in [5.74, 6) is 1.67. The molecule has 0 radical (unpaired) electrons. The molecule has 1 N–H and O–H groups in total. The van der Waals surface area contributed by atoms with E-state index in [0.29, 0.717) is 12.2 Å². The topological polar surface area (TPSA) is 62.9 Å². The van der Waals surface area contributed by atoms with Crippen molar-refractivity contribution in [3.05, 3.63) is 35.7 Å². The van der Waals surface area contributed by atoms with Gasteiger partial charge >= 0.3 is 0 Å². The minimum absolute atomic E-state index is 0.512. The Bertz CT molecular complexity index is 637. The SMILES string of the molecule is COc1ccc(-c2nc(C#N)c3n2CCNC3)cc1. The van der Waals surface area contributed by atoms with Gasteiger partial charge in [-0.15, -0.1) is 0 Å². The second-order valence-corrected chi connectivity index (χ2v) is 4.40. The van der Waals surface area contributed by atoms with Crippen LogP contribution in [0, 0.1) is 11.3 Å². The van der Waals surface area contributed by atoms with Crippen LogP contribution in [0.1, 0.15) is 11.4 Å². The number of aromatic nitrogens is 2. The standard InChI is InChI=1S/C14H14N4O/c1-19-11-4-2-10(3-5-11)14-17-12(8-15)13-9-16-6-7-18(13)14/h2-5,16H,6-7,9H2,1H3. The molecular formula is C14H14N4O. The summed E-state index contributed by atoms with van der Waals surface area (Å²) < 4.78 is 7.28. The molecule has 0 spiro atoms. The Kier molecular flexibility index (Phi) is 2.94. The lowest BCUT2D eigenvalue weighted by atomic mass is 10.2. The average Bonchev–Trinajstić information content (AvgIpc) is 2.86. The Hall–Kier alpha value is -2.32. The first-order valence-corrected chi connectivity index (χ1v) is 6.18. The van der Waals surface area contributed by atoms with Crippen LogP contribution >= 0.6 is 0 Å². The molecule has 1 aliphatic rings. The number of benzene rings is 1. The maximum absolute atomic E-state index is 9.16. The number of nitrogens with zero attached hydrogens (tertiary/aromatic N) is 3. The van der Waals surface area contributed by atoms with E-state index < -0.39 is 0 Å². The van der Waals surface area contributed by atoms with E-state index in [-0.39, 0.29) is 0 Å². The van der Waals surface area contributed by atoms with E-state index in [2.05, 4.69) is 20.9 Å². The van der Waals surface area contributed by atoms with Gasteiger partial charge in [0.1, 0.15) is 17.6 Å².